The van der Waals surface area contributed by atoms with E-state index in [9.17, 15) is 13.6 Å². The van der Waals surface area contributed by atoms with Gasteiger partial charge in [-0.25, -0.2) is 8.78 Å². The minimum atomic E-state index is -2.51. The highest BCUT2D eigenvalue weighted by Gasteiger charge is 2.70. The van der Waals surface area contributed by atoms with E-state index in [1.54, 1.807) is 0 Å². The second-order valence-corrected chi connectivity index (χ2v) is 5.70. The molecule has 0 N–H and O–H groups in total. The average Bonchev–Trinajstić information content (AvgIpc) is 2.70. The second kappa shape index (κ2) is 3.03. The molecule has 0 spiro atoms. The number of carbonyl (C=O) groups is 1. The number of carbonyl (C=O) groups excluding carboxylic acids is 1. The lowest BCUT2D eigenvalue weighted by molar-refractivity contribution is -0.123. The molecule has 3 rings (SSSR count). The molecule has 2 nitrogen and oxygen atoms in total. The van der Waals surface area contributed by atoms with Crippen LogP contribution in [0, 0.1) is 23.7 Å². The van der Waals surface area contributed by atoms with Gasteiger partial charge in [0.25, 0.3) is 5.92 Å². The molecule has 3 aliphatic rings. The molecule has 1 heterocycles. The van der Waals surface area contributed by atoms with E-state index in [0.717, 1.165) is 0 Å². The SMILES string of the molecule is CC(=O)[C@@H]1[C@@H]2[C@H](CN1C)[C@@H]1CC[C@H]2C1(F)F. The number of hydrogen-bond acceptors (Lipinski definition) is 2. The molecule has 0 amide bonds. The van der Waals surface area contributed by atoms with Gasteiger partial charge in [0.05, 0.1) is 6.04 Å². The minimum absolute atomic E-state index is 0.0487. The molecule has 3 fully saturated rings. The first-order chi connectivity index (χ1) is 7.44. The average molecular weight is 229 g/mol. The van der Waals surface area contributed by atoms with E-state index in [0.29, 0.717) is 19.4 Å². The van der Waals surface area contributed by atoms with Crippen LogP contribution in [0.5, 0.6) is 0 Å². The molecule has 5 atom stereocenters. The maximum absolute atomic E-state index is 13.9. The van der Waals surface area contributed by atoms with Crippen LogP contribution >= 0.6 is 0 Å². The molecule has 16 heavy (non-hydrogen) atoms. The van der Waals surface area contributed by atoms with E-state index in [2.05, 4.69) is 0 Å². The van der Waals surface area contributed by atoms with Gasteiger partial charge in [-0.05, 0) is 38.6 Å². The van der Waals surface area contributed by atoms with E-state index in [1.807, 2.05) is 11.9 Å². The van der Waals surface area contributed by atoms with Crippen LogP contribution in [0.3, 0.4) is 0 Å². The summed E-state index contributed by atoms with van der Waals surface area (Å²) in [5.41, 5.74) is 0. The lowest BCUT2D eigenvalue weighted by Gasteiger charge is -2.27. The molecule has 4 heteroatoms. The van der Waals surface area contributed by atoms with Crippen molar-refractivity contribution in [3.8, 4) is 0 Å². The molecular formula is C12H17F2NO. The Morgan fingerprint density at radius 3 is 2.56 bits per heavy atom. The van der Waals surface area contributed by atoms with Gasteiger partial charge < -0.3 is 0 Å². The van der Waals surface area contributed by atoms with E-state index < -0.39 is 17.8 Å². The standard InChI is InChI=1S/C12H17F2NO/c1-6(16)11-10-7(5-15(11)2)8-3-4-9(10)12(8,13)14/h7-11H,3-5H2,1-2H3/t7-,8+,9-,10-,11-/m1/s1. The number of rotatable bonds is 1. The largest absolute Gasteiger partial charge is 0.298 e. The van der Waals surface area contributed by atoms with Crippen molar-refractivity contribution in [1.29, 1.82) is 0 Å². The Balaban J connectivity index is 1.97. The Kier molecular flexibility index (Phi) is 2.01. The maximum Gasteiger partial charge on any atom is 0.254 e. The van der Waals surface area contributed by atoms with E-state index >= 15 is 0 Å². The van der Waals surface area contributed by atoms with Gasteiger partial charge in [0.1, 0.15) is 5.78 Å². The summed E-state index contributed by atoms with van der Waals surface area (Å²) in [5, 5.41) is 0. The molecular weight excluding hydrogens is 212 g/mol. The Hall–Kier alpha value is -0.510. The van der Waals surface area contributed by atoms with Crippen LogP contribution in [0.1, 0.15) is 19.8 Å². The van der Waals surface area contributed by atoms with Crippen LogP contribution in [0.15, 0.2) is 0 Å². The third-order valence-corrected chi connectivity index (χ3v) is 5.01. The molecule has 0 aromatic carbocycles. The number of likely N-dealkylation sites (N-methyl/N-ethyl adjacent to an activating group) is 1. The summed E-state index contributed by atoms with van der Waals surface area (Å²) < 4.78 is 27.9. The van der Waals surface area contributed by atoms with Crippen molar-refractivity contribution in [3.63, 3.8) is 0 Å². The van der Waals surface area contributed by atoms with Gasteiger partial charge in [0.2, 0.25) is 0 Å². The van der Waals surface area contributed by atoms with Crippen molar-refractivity contribution in [2.45, 2.75) is 31.7 Å². The van der Waals surface area contributed by atoms with E-state index in [4.69, 9.17) is 0 Å². The first kappa shape index (κ1) is 10.6. The lowest BCUT2D eigenvalue weighted by Crippen LogP contribution is -2.40. The highest BCUT2D eigenvalue weighted by molar-refractivity contribution is 5.82. The van der Waals surface area contributed by atoms with Gasteiger partial charge in [-0.15, -0.1) is 0 Å². The predicted octanol–water partition coefficient (Wildman–Crippen LogP) is 1.80. The maximum atomic E-state index is 13.9. The third-order valence-electron chi connectivity index (χ3n) is 5.01. The van der Waals surface area contributed by atoms with Crippen LogP contribution in [0.25, 0.3) is 0 Å². The summed E-state index contributed by atoms with van der Waals surface area (Å²) in [4.78, 5) is 13.6. The zero-order valence-corrected chi connectivity index (χ0v) is 9.62. The fraction of sp³-hybridized carbons (Fsp3) is 0.917. The van der Waals surface area contributed by atoms with Crippen LogP contribution in [-0.4, -0.2) is 36.2 Å². The number of fused-ring (bicyclic) bond motifs is 5. The fourth-order valence-corrected chi connectivity index (χ4v) is 4.56. The predicted molar refractivity (Wildman–Crippen MR) is 55.2 cm³/mol. The first-order valence-corrected chi connectivity index (χ1v) is 6.03. The summed E-state index contributed by atoms with van der Waals surface area (Å²) in [6.07, 6.45) is 1.26. The number of likely N-dealkylation sites (tertiary alicyclic amines) is 1. The highest BCUT2D eigenvalue weighted by Crippen LogP contribution is 2.64. The lowest BCUT2D eigenvalue weighted by atomic mass is 9.77. The van der Waals surface area contributed by atoms with Gasteiger partial charge in [-0.1, -0.05) is 0 Å². The molecule has 0 aromatic rings. The van der Waals surface area contributed by atoms with Crippen molar-refractivity contribution in [2.24, 2.45) is 23.7 Å². The van der Waals surface area contributed by atoms with Crippen LogP contribution < -0.4 is 0 Å². The minimum Gasteiger partial charge on any atom is -0.298 e. The summed E-state index contributed by atoms with van der Waals surface area (Å²) in [6.45, 7) is 2.21. The number of alkyl halides is 2. The Labute approximate surface area is 94.0 Å². The fourth-order valence-electron chi connectivity index (χ4n) is 4.56. The number of hydrogen-bond donors (Lipinski definition) is 0. The molecule has 2 bridgehead atoms. The van der Waals surface area contributed by atoms with Crippen LogP contribution in [0.2, 0.25) is 0 Å². The Bertz CT molecular complexity index is 344. The van der Waals surface area contributed by atoms with Gasteiger partial charge in [0, 0.05) is 18.4 Å². The highest BCUT2D eigenvalue weighted by atomic mass is 19.3. The quantitative estimate of drug-likeness (QED) is 0.683. The zero-order chi connectivity index (χ0) is 11.7. The molecule has 0 unspecified atom stereocenters. The first-order valence-electron chi connectivity index (χ1n) is 6.03. The van der Waals surface area contributed by atoms with Crippen molar-refractivity contribution < 1.29 is 13.6 Å². The van der Waals surface area contributed by atoms with Gasteiger partial charge >= 0.3 is 0 Å². The summed E-state index contributed by atoms with van der Waals surface area (Å²) in [5.74, 6) is -3.50. The summed E-state index contributed by atoms with van der Waals surface area (Å²) in [7, 11) is 1.89. The van der Waals surface area contributed by atoms with Gasteiger partial charge in [0.15, 0.2) is 0 Å². The summed E-state index contributed by atoms with van der Waals surface area (Å²) >= 11 is 0. The topological polar surface area (TPSA) is 20.3 Å². The monoisotopic (exact) mass is 229 g/mol. The smallest absolute Gasteiger partial charge is 0.254 e. The molecule has 0 aromatic heterocycles. The number of halogens is 2. The van der Waals surface area contributed by atoms with Crippen molar-refractivity contribution in [1.82, 2.24) is 4.90 Å². The van der Waals surface area contributed by atoms with Gasteiger partial charge in [-0.3, -0.25) is 9.69 Å². The number of nitrogens with zero attached hydrogens (tertiary/aromatic N) is 1. The third kappa shape index (κ3) is 1.06. The molecule has 0 radical (unpaired) electrons. The Morgan fingerprint density at radius 1 is 1.31 bits per heavy atom. The van der Waals surface area contributed by atoms with Crippen molar-refractivity contribution in [3.05, 3.63) is 0 Å². The van der Waals surface area contributed by atoms with Crippen molar-refractivity contribution in [2.75, 3.05) is 13.6 Å². The van der Waals surface area contributed by atoms with Crippen LogP contribution in [0.4, 0.5) is 8.78 Å². The molecule has 1 aliphatic heterocycles. The molecule has 2 saturated carbocycles. The van der Waals surface area contributed by atoms with E-state index in [1.165, 1.54) is 6.92 Å². The number of ketones is 1. The molecule has 2 aliphatic carbocycles. The summed E-state index contributed by atoms with van der Waals surface area (Å²) in [6, 6.07) is -0.258. The molecule has 90 valence electrons. The zero-order valence-electron chi connectivity index (χ0n) is 9.62. The van der Waals surface area contributed by atoms with Crippen molar-refractivity contribution >= 4 is 5.78 Å². The molecule has 1 saturated heterocycles. The normalized spacial score (nSPS) is 49.6. The number of Topliss-reactive ketones (excluding diaryl/α,β-unsaturated/α-hetero) is 1. The van der Waals surface area contributed by atoms with E-state index in [-0.39, 0.29) is 23.7 Å². The second-order valence-electron chi connectivity index (χ2n) is 5.70. The van der Waals surface area contributed by atoms with Gasteiger partial charge in [-0.2, -0.15) is 0 Å². The van der Waals surface area contributed by atoms with Crippen LogP contribution in [-0.2, 0) is 4.79 Å². The Morgan fingerprint density at radius 2 is 1.94 bits per heavy atom.